The van der Waals surface area contributed by atoms with Crippen LogP contribution in [0.3, 0.4) is 0 Å². The Morgan fingerprint density at radius 3 is 2.45 bits per heavy atom. The number of sulfonamides is 1. The van der Waals surface area contributed by atoms with Crippen molar-refractivity contribution in [2.45, 2.75) is 39.7 Å². The molecule has 2 unspecified atom stereocenters. The van der Waals surface area contributed by atoms with Crippen molar-refractivity contribution in [1.29, 1.82) is 0 Å². The molecule has 2 bridgehead atoms. The maximum absolute atomic E-state index is 12.5. The van der Waals surface area contributed by atoms with Crippen LogP contribution in [0.5, 0.6) is 0 Å². The Morgan fingerprint density at radius 1 is 1.23 bits per heavy atom. The summed E-state index contributed by atoms with van der Waals surface area (Å²) in [6.45, 7) is 4.39. The van der Waals surface area contributed by atoms with Crippen molar-refractivity contribution in [2.75, 3.05) is 5.75 Å². The Hall–Kier alpha value is -1.20. The number of hydrogen-bond acceptors (Lipinski definition) is 3. The van der Waals surface area contributed by atoms with E-state index in [0.717, 1.165) is 12.0 Å². The minimum Gasteiger partial charge on any atom is -0.299 e. The van der Waals surface area contributed by atoms with Gasteiger partial charge >= 0.3 is 0 Å². The van der Waals surface area contributed by atoms with Gasteiger partial charge in [-0.15, -0.1) is 0 Å². The standard InChI is InChI=1S/C17H23NO3S/c1-16(2)14-8-9-17(16,15(19)10-14)12-22(20,21)18-11-13-6-4-3-5-7-13/h3-7,14,18H,8-12H2,1-2H3. The van der Waals surface area contributed by atoms with Gasteiger partial charge in [0.05, 0.1) is 5.75 Å². The lowest BCUT2D eigenvalue weighted by molar-refractivity contribution is -0.128. The molecule has 120 valence electrons. The molecule has 0 aromatic heterocycles. The zero-order chi connectivity index (χ0) is 16.0. The normalized spacial score (nSPS) is 29.9. The van der Waals surface area contributed by atoms with Gasteiger partial charge in [0.25, 0.3) is 0 Å². The maximum atomic E-state index is 12.5. The molecule has 2 fully saturated rings. The number of benzene rings is 1. The van der Waals surface area contributed by atoms with E-state index < -0.39 is 15.4 Å². The van der Waals surface area contributed by atoms with Gasteiger partial charge in [-0.05, 0) is 29.7 Å². The van der Waals surface area contributed by atoms with Crippen molar-refractivity contribution < 1.29 is 13.2 Å². The molecule has 2 aliphatic rings. The fraction of sp³-hybridized carbons (Fsp3) is 0.588. The Labute approximate surface area is 132 Å². The summed E-state index contributed by atoms with van der Waals surface area (Å²) in [6, 6.07) is 9.43. The van der Waals surface area contributed by atoms with Crippen molar-refractivity contribution in [1.82, 2.24) is 4.72 Å². The molecular formula is C17H23NO3S. The molecule has 0 saturated heterocycles. The van der Waals surface area contributed by atoms with E-state index in [9.17, 15) is 13.2 Å². The number of rotatable bonds is 5. The van der Waals surface area contributed by atoms with Crippen molar-refractivity contribution in [2.24, 2.45) is 16.7 Å². The average Bonchev–Trinajstić information content (AvgIpc) is 2.80. The van der Waals surface area contributed by atoms with E-state index in [1.165, 1.54) is 0 Å². The average molecular weight is 321 g/mol. The molecule has 0 radical (unpaired) electrons. The van der Waals surface area contributed by atoms with Crippen LogP contribution in [-0.4, -0.2) is 20.0 Å². The van der Waals surface area contributed by atoms with Crippen LogP contribution in [0.2, 0.25) is 0 Å². The van der Waals surface area contributed by atoms with Crippen LogP contribution in [0.25, 0.3) is 0 Å². The van der Waals surface area contributed by atoms with Crippen LogP contribution in [0, 0.1) is 16.7 Å². The van der Waals surface area contributed by atoms with Crippen molar-refractivity contribution >= 4 is 15.8 Å². The summed E-state index contributed by atoms with van der Waals surface area (Å²) in [6.07, 6.45) is 2.21. The summed E-state index contributed by atoms with van der Waals surface area (Å²) in [5, 5.41) is 0. The van der Waals surface area contributed by atoms with E-state index in [1.807, 2.05) is 30.3 Å². The van der Waals surface area contributed by atoms with Crippen LogP contribution in [0.4, 0.5) is 0 Å². The van der Waals surface area contributed by atoms with E-state index in [2.05, 4.69) is 18.6 Å². The number of fused-ring (bicyclic) bond motifs is 2. The van der Waals surface area contributed by atoms with Gasteiger partial charge in [-0.1, -0.05) is 44.2 Å². The summed E-state index contributed by atoms with van der Waals surface area (Å²) < 4.78 is 27.7. The highest BCUT2D eigenvalue weighted by molar-refractivity contribution is 7.89. The van der Waals surface area contributed by atoms with Crippen LogP contribution in [0.1, 0.15) is 38.7 Å². The van der Waals surface area contributed by atoms with E-state index in [0.29, 0.717) is 18.8 Å². The summed E-state index contributed by atoms with van der Waals surface area (Å²) in [7, 11) is -3.48. The van der Waals surface area contributed by atoms with Gasteiger partial charge in [-0.2, -0.15) is 0 Å². The Balaban J connectivity index is 1.75. The Bertz CT molecular complexity index is 681. The predicted molar refractivity (Wildman–Crippen MR) is 85.6 cm³/mol. The quantitative estimate of drug-likeness (QED) is 0.906. The van der Waals surface area contributed by atoms with Gasteiger partial charge < -0.3 is 0 Å². The van der Waals surface area contributed by atoms with Gasteiger partial charge in [0.2, 0.25) is 10.0 Å². The van der Waals surface area contributed by atoms with Crippen molar-refractivity contribution in [3.63, 3.8) is 0 Å². The first-order valence-electron chi connectivity index (χ1n) is 7.81. The molecule has 0 amide bonds. The third-order valence-electron chi connectivity index (χ3n) is 5.91. The second-order valence-corrected chi connectivity index (χ2v) is 9.04. The molecule has 2 aliphatic carbocycles. The first-order chi connectivity index (χ1) is 10.3. The molecule has 3 rings (SSSR count). The smallest absolute Gasteiger partial charge is 0.212 e. The molecule has 0 aliphatic heterocycles. The topological polar surface area (TPSA) is 63.2 Å². The fourth-order valence-corrected chi connectivity index (χ4v) is 6.09. The van der Waals surface area contributed by atoms with E-state index in [4.69, 9.17) is 0 Å². The number of ketones is 1. The van der Waals surface area contributed by atoms with Gasteiger partial charge in [-0.3, -0.25) is 4.79 Å². The number of nitrogens with one attached hydrogen (secondary N) is 1. The second kappa shape index (κ2) is 5.17. The van der Waals surface area contributed by atoms with E-state index in [-0.39, 0.29) is 23.5 Å². The molecular weight excluding hydrogens is 298 g/mol. The molecule has 22 heavy (non-hydrogen) atoms. The van der Waals surface area contributed by atoms with Crippen LogP contribution in [-0.2, 0) is 21.4 Å². The molecule has 4 nitrogen and oxygen atoms in total. The fourth-order valence-electron chi connectivity index (χ4n) is 4.27. The lowest BCUT2D eigenvalue weighted by Crippen LogP contribution is -2.45. The van der Waals surface area contributed by atoms with E-state index >= 15 is 0 Å². The molecule has 1 aromatic rings. The first kappa shape index (κ1) is 15.7. The zero-order valence-corrected chi connectivity index (χ0v) is 13.9. The van der Waals surface area contributed by atoms with Gasteiger partial charge in [0, 0.05) is 18.4 Å². The number of Topliss-reactive ketones (excluding diaryl/α,β-unsaturated/α-hetero) is 1. The highest BCUT2D eigenvalue weighted by Gasteiger charge is 2.65. The molecule has 0 spiro atoms. The minimum absolute atomic E-state index is 0.0742. The lowest BCUT2D eigenvalue weighted by Gasteiger charge is -2.36. The highest BCUT2D eigenvalue weighted by atomic mass is 32.2. The first-order valence-corrected chi connectivity index (χ1v) is 9.47. The van der Waals surface area contributed by atoms with Gasteiger partial charge in [0.1, 0.15) is 5.78 Å². The maximum Gasteiger partial charge on any atom is 0.212 e. The Morgan fingerprint density at radius 2 is 1.91 bits per heavy atom. The third-order valence-corrected chi connectivity index (χ3v) is 7.37. The molecule has 1 N–H and O–H groups in total. The molecule has 1 aromatic carbocycles. The van der Waals surface area contributed by atoms with Gasteiger partial charge in [-0.25, -0.2) is 13.1 Å². The SMILES string of the molecule is CC1(C)C2CCC1(CS(=O)(=O)NCc1ccccc1)C(=O)C2. The van der Waals surface area contributed by atoms with Crippen molar-refractivity contribution in [3.8, 4) is 0 Å². The molecule has 0 heterocycles. The third kappa shape index (κ3) is 2.40. The minimum atomic E-state index is -3.48. The lowest BCUT2D eigenvalue weighted by atomic mass is 9.70. The van der Waals surface area contributed by atoms with Gasteiger partial charge in [0.15, 0.2) is 0 Å². The van der Waals surface area contributed by atoms with Crippen molar-refractivity contribution in [3.05, 3.63) is 35.9 Å². The summed E-state index contributed by atoms with van der Waals surface area (Å²) in [5.74, 6) is 0.401. The monoisotopic (exact) mass is 321 g/mol. The zero-order valence-electron chi connectivity index (χ0n) is 13.1. The number of hydrogen-bond donors (Lipinski definition) is 1. The summed E-state index contributed by atoms with van der Waals surface area (Å²) in [5.41, 5.74) is 0.0102. The highest BCUT2D eigenvalue weighted by Crippen LogP contribution is 2.64. The number of carbonyl (C=O) groups excluding carboxylic acids is 1. The summed E-state index contributed by atoms with van der Waals surface area (Å²) >= 11 is 0. The van der Waals surface area contributed by atoms with Crippen LogP contribution in [0.15, 0.2) is 30.3 Å². The molecule has 2 saturated carbocycles. The Kier molecular flexibility index (Phi) is 3.68. The number of carbonyl (C=O) groups is 1. The molecule has 5 heteroatoms. The largest absolute Gasteiger partial charge is 0.299 e. The predicted octanol–water partition coefficient (Wildman–Crippen LogP) is 2.50. The molecule has 2 atom stereocenters. The summed E-state index contributed by atoms with van der Waals surface area (Å²) in [4.78, 5) is 12.4. The second-order valence-electron chi connectivity index (χ2n) is 7.23. The van der Waals surface area contributed by atoms with Crippen LogP contribution < -0.4 is 4.72 Å². The van der Waals surface area contributed by atoms with Crippen LogP contribution >= 0.6 is 0 Å². The van der Waals surface area contributed by atoms with E-state index in [1.54, 1.807) is 0 Å².